The largest absolute Gasteiger partial charge is 0.488 e. The zero-order valence-electron chi connectivity index (χ0n) is 20.0. The first-order valence-electron chi connectivity index (χ1n) is 11.5. The number of hydrogen-bond donors (Lipinski definition) is 4. The van der Waals surface area contributed by atoms with Crippen LogP contribution < -0.4 is 21.5 Å². The molecule has 0 saturated heterocycles. The number of anilines is 1. The molecule has 0 radical (unpaired) electrons. The van der Waals surface area contributed by atoms with Crippen molar-refractivity contribution in [2.75, 3.05) is 4.90 Å². The quantitative estimate of drug-likeness (QED) is 0.239. The van der Waals surface area contributed by atoms with Crippen molar-refractivity contribution < 1.29 is 24.5 Å². The van der Waals surface area contributed by atoms with Crippen LogP contribution in [-0.2, 0) is 13.1 Å². The van der Waals surface area contributed by atoms with E-state index in [0.29, 0.717) is 40.7 Å². The highest BCUT2D eigenvalue weighted by Crippen LogP contribution is 2.26. The molecule has 7 nitrogen and oxygen atoms in total. The Bertz CT molecular complexity index is 1290. The number of benzene rings is 3. The van der Waals surface area contributed by atoms with Crippen LogP contribution >= 0.6 is 0 Å². The molecule has 0 aliphatic carbocycles. The predicted octanol–water partition coefficient (Wildman–Crippen LogP) is 1.69. The molecule has 180 valence electrons. The molecule has 4 aromatic rings. The molecule has 4 N–H and O–H groups in total. The molecule has 1 aromatic heterocycles. The van der Waals surface area contributed by atoms with E-state index in [1.165, 1.54) is 6.07 Å². The van der Waals surface area contributed by atoms with Crippen LogP contribution in [0.3, 0.4) is 0 Å². The van der Waals surface area contributed by atoms with Crippen molar-refractivity contribution in [3.05, 3.63) is 99.9 Å². The smallest absolute Gasteiger partial charge is 0.423 e. The average Bonchev–Trinajstić information content (AvgIpc) is 2.84. The van der Waals surface area contributed by atoms with Crippen molar-refractivity contribution >= 4 is 41.8 Å². The second-order valence-electron chi connectivity index (χ2n) is 7.93. The lowest BCUT2D eigenvalue weighted by molar-refractivity contribution is 0.424. The van der Waals surface area contributed by atoms with Gasteiger partial charge in [-0.25, -0.2) is 4.79 Å². The maximum absolute atomic E-state index is 11.9. The maximum Gasteiger partial charge on any atom is 0.488 e. The van der Waals surface area contributed by atoms with E-state index in [0.717, 1.165) is 16.6 Å². The van der Waals surface area contributed by atoms with Crippen LogP contribution in [0.15, 0.2) is 82.0 Å². The molecule has 0 aliphatic rings. The van der Waals surface area contributed by atoms with Crippen LogP contribution in [0.4, 0.5) is 5.69 Å². The Morgan fingerprint density at radius 1 is 0.771 bits per heavy atom. The Morgan fingerprint density at radius 2 is 1.29 bits per heavy atom. The number of nitrogens with zero attached hydrogens (tertiary/aromatic N) is 1. The molecule has 0 fully saturated rings. The van der Waals surface area contributed by atoms with E-state index in [4.69, 9.17) is 4.42 Å². The topological polar surface area (TPSA) is 114 Å². The predicted molar refractivity (Wildman–Crippen MR) is 141 cm³/mol. The molecule has 3 aromatic carbocycles. The van der Waals surface area contributed by atoms with Gasteiger partial charge in [0, 0.05) is 36.3 Å². The summed E-state index contributed by atoms with van der Waals surface area (Å²) >= 11 is 0. The van der Waals surface area contributed by atoms with Crippen molar-refractivity contribution in [2.24, 2.45) is 0 Å². The summed E-state index contributed by atoms with van der Waals surface area (Å²) in [6.07, 6.45) is 0. The molecule has 0 bridgehead atoms. The van der Waals surface area contributed by atoms with Gasteiger partial charge in [-0.3, -0.25) is 0 Å². The molecule has 0 amide bonds. The van der Waals surface area contributed by atoms with Gasteiger partial charge in [-0.05, 0) is 46.7 Å². The van der Waals surface area contributed by atoms with E-state index in [9.17, 15) is 24.9 Å². The lowest BCUT2D eigenvalue weighted by Gasteiger charge is -2.27. The Balaban J connectivity index is 0.00000167. The highest BCUT2D eigenvalue weighted by Gasteiger charge is 2.21. The van der Waals surface area contributed by atoms with Gasteiger partial charge >= 0.3 is 19.9 Å². The van der Waals surface area contributed by atoms with Crippen molar-refractivity contribution in [1.82, 2.24) is 0 Å². The third-order valence-corrected chi connectivity index (χ3v) is 5.69. The van der Waals surface area contributed by atoms with Gasteiger partial charge < -0.3 is 29.4 Å². The Kier molecular flexibility index (Phi) is 8.89. The van der Waals surface area contributed by atoms with Gasteiger partial charge in [0.25, 0.3) is 0 Å². The highest BCUT2D eigenvalue weighted by atomic mass is 16.4. The van der Waals surface area contributed by atoms with Crippen molar-refractivity contribution in [1.29, 1.82) is 0 Å². The molecule has 35 heavy (non-hydrogen) atoms. The number of aryl methyl sites for hydroxylation is 1. The Hall–Kier alpha value is -3.36. The molecular formula is C26H29B2NO6. The first kappa shape index (κ1) is 26.2. The lowest BCUT2D eigenvalue weighted by atomic mass is 9.76. The first-order valence-corrected chi connectivity index (χ1v) is 11.5. The fraction of sp³-hybridized carbons (Fsp3) is 0.192. The SMILES string of the molecule is CC.Cc1cc(=O)oc2cc(N(Cc3ccccc3B(O)O)Cc3ccccc3B(O)O)ccc12. The van der Waals surface area contributed by atoms with Crippen molar-refractivity contribution in [3.8, 4) is 0 Å². The minimum Gasteiger partial charge on any atom is -0.423 e. The first-order chi connectivity index (χ1) is 16.8. The van der Waals surface area contributed by atoms with Gasteiger partial charge in [0.05, 0.1) is 0 Å². The lowest BCUT2D eigenvalue weighted by Crippen LogP contribution is -2.38. The monoisotopic (exact) mass is 473 g/mol. The molecule has 4 rings (SSSR count). The van der Waals surface area contributed by atoms with E-state index in [1.807, 2.05) is 49.9 Å². The molecule has 0 saturated carbocycles. The molecule has 1 heterocycles. The zero-order valence-corrected chi connectivity index (χ0v) is 20.0. The summed E-state index contributed by atoms with van der Waals surface area (Å²) in [5, 5.41) is 40.1. The standard InChI is InChI=1S/C24H23B2NO6.C2H6/c1-16-12-24(28)33-23-13-19(10-11-20(16)23)27(14-17-6-2-4-8-21(17)25(29)30)15-18-7-3-5-9-22(18)26(31)32;1-2/h2-13,29-32H,14-15H2,1H3;1-2H3. The van der Waals surface area contributed by atoms with Gasteiger partial charge in [-0.1, -0.05) is 62.4 Å². The summed E-state index contributed by atoms with van der Waals surface area (Å²) in [5.74, 6) is 0. The van der Waals surface area contributed by atoms with Crippen LogP contribution in [0, 0.1) is 6.92 Å². The summed E-state index contributed by atoms with van der Waals surface area (Å²) < 4.78 is 5.42. The Morgan fingerprint density at radius 3 is 1.80 bits per heavy atom. The number of fused-ring (bicyclic) bond motifs is 1. The van der Waals surface area contributed by atoms with Crippen LogP contribution in [-0.4, -0.2) is 34.3 Å². The highest BCUT2D eigenvalue weighted by molar-refractivity contribution is 6.59. The summed E-state index contributed by atoms with van der Waals surface area (Å²) in [6.45, 7) is 6.44. The third-order valence-electron chi connectivity index (χ3n) is 5.69. The van der Waals surface area contributed by atoms with Crippen LogP contribution in [0.2, 0.25) is 0 Å². The van der Waals surface area contributed by atoms with Gasteiger partial charge in [-0.2, -0.15) is 0 Å². The van der Waals surface area contributed by atoms with E-state index in [2.05, 4.69) is 0 Å². The summed E-state index contributed by atoms with van der Waals surface area (Å²) in [6, 6.07) is 21.0. The van der Waals surface area contributed by atoms with E-state index in [-0.39, 0.29) is 0 Å². The second kappa shape index (κ2) is 11.9. The normalized spacial score (nSPS) is 10.5. The average molecular weight is 473 g/mol. The molecular weight excluding hydrogens is 444 g/mol. The second-order valence-corrected chi connectivity index (χ2v) is 7.93. The fourth-order valence-corrected chi connectivity index (χ4v) is 4.02. The minimum absolute atomic E-state index is 0.297. The zero-order chi connectivity index (χ0) is 25.5. The minimum atomic E-state index is -1.63. The fourth-order valence-electron chi connectivity index (χ4n) is 4.02. The number of hydrogen-bond acceptors (Lipinski definition) is 7. The molecule has 0 spiro atoms. The van der Waals surface area contributed by atoms with E-state index in [1.54, 1.807) is 42.5 Å². The maximum atomic E-state index is 11.9. The van der Waals surface area contributed by atoms with Crippen LogP contribution in [0.25, 0.3) is 11.0 Å². The van der Waals surface area contributed by atoms with Gasteiger partial charge in [0.2, 0.25) is 0 Å². The van der Waals surface area contributed by atoms with Crippen molar-refractivity contribution in [3.63, 3.8) is 0 Å². The molecule has 0 unspecified atom stereocenters. The van der Waals surface area contributed by atoms with Crippen LogP contribution in [0.5, 0.6) is 0 Å². The summed E-state index contributed by atoms with van der Waals surface area (Å²) in [4.78, 5) is 13.9. The number of rotatable bonds is 7. The summed E-state index contributed by atoms with van der Waals surface area (Å²) in [7, 11) is -3.27. The third kappa shape index (κ3) is 6.21. The van der Waals surface area contributed by atoms with Gasteiger partial charge in [-0.15, -0.1) is 0 Å². The van der Waals surface area contributed by atoms with Crippen molar-refractivity contribution in [2.45, 2.75) is 33.9 Å². The van der Waals surface area contributed by atoms with Crippen LogP contribution in [0.1, 0.15) is 30.5 Å². The Labute approximate surface area is 205 Å². The van der Waals surface area contributed by atoms with E-state index >= 15 is 0 Å². The van der Waals surface area contributed by atoms with Gasteiger partial charge in [0.15, 0.2) is 0 Å². The molecule has 0 atom stereocenters. The van der Waals surface area contributed by atoms with E-state index < -0.39 is 19.9 Å². The molecule has 0 aliphatic heterocycles. The van der Waals surface area contributed by atoms with Gasteiger partial charge in [0.1, 0.15) is 5.58 Å². The summed E-state index contributed by atoms with van der Waals surface area (Å²) in [5.41, 5.74) is 3.67. The molecule has 9 heteroatoms.